The van der Waals surface area contributed by atoms with E-state index in [9.17, 15) is 14.7 Å². The topological polar surface area (TPSA) is 98.0 Å². The lowest BCUT2D eigenvalue weighted by Gasteiger charge is -2.17. The second-order valence-corrected chi connectivity index (χ2v) is 7.03. The number of benzene rings is 3. The van der Waals surface area contributed by atoms with Crippen LogP contribution in [0.5, 0.6) is 5.75 Å². The minimum absolute atomic E-state index is 0.380. The van der Waals surface area contributed by atoms with Gasteiger partial charge in [0.25, 0.3) is 5.91 Å². The van der Waals surface area contributed by atoms with E-state index < -0.39 is 24.1 Å². The predicted octanol–water partition coefficient (Wildman–Crippen LogP) is 4.20. The molecule has 7 nitrogen and oxygen atoms in total. The number of carbonyl (C=O) groups is 2. The number of aliphatic hydroxyl groups is 1. The number of hydrogen-bond donors (Lipinski definition) is 2. The Labute approximate surface area is 178 Å². The molecular weight excluding hydrogens is 398 g/mol. The number of hydrogen-bond acceptors (Lipinski definition) is 6. The van der Waals surface area contributed by atoms with Gasteiger partial charge in [-0.1, -0.05) is 48.5 Å². The van der Waals surface area contributed by atoms with Crippen LogP contribution >= 0.6 is 0 Å². The number of furan rings is 1. The third kappa shape index (κ3) is 4.08. The Balaban J connectivity index is 1.52. The van der Waals surface area contributed by atoms with E-state index in [2.05, 4.69) is 5.32 Å². The Morgan fingerprint density at radius 3 is 2.42 bits per heavy atom. The quantitative estimate of drug-likeness (QED) is 0.455. The number of esters is 1. The summed E-state index contributed by atoms with van der Waals surface area (Å²) >= 11 is 0. The summed E-state index contributed by atoms with van der Waals surface area (Å²) in [7, 11) is 1.50. The summed E-state index contributed by atoms with van der Waals surface area (Å²) in [5, 5.41) is 14.6. The van der Waals surface area contributed by atoms with Crippen LogP contribution in [0.1, 0.15) is 18.6 Å². The number of methoxy groups -OCH3 is 1. The number of fused-ring (bicyclic) bond motifs is 3. The van der Waals surface area contributed by atoms with E-state index in [0.29, 0.717) is 22.6 Å². The zero-order valence-corrected chi connectivity index (χ0v) is 17.0. The molecule has 0 radical (unpaired) electrons. The van der Waals surface area contributed by atoms with Crippen molar-refractivity contribution in [1.29, 1.82) is 0 Å². The Kier molecular flexibility index (Phi) is 5.60. The first-order valence-electron chi connectivity index (χ1n) is 9.71. The van der Waals surface area contributed by atoms with Crippen molar-refractivity contribution in [2.45, 2.75) is 19.1 Å². The second kappa shape index (κ2) is 8.49. The van der Waals surface area contributed by atoms with Gasteiger partial charge in [0, 0.05) is 16.8 Å². The highest BCUT2D eigenvalue weighted by Crippen LogP contribution is 2.36. The molecule has 1 heterocycles. The van der Waals surface area contributed by atoms with Crippen molar-refractivity contribution in [2.75, 3.05) is 12.4 Å². The summed E-state index contributed by atoms with van der Waals surface area (Å²) in [5.74, 6) is -1.04. The minimum atomic E-state index is -1.47. The van der Waals surface area contributed by atoms with Gasteiger partial charge in [-0.05, 0) is 24.6 Å². The van der Waals surface area contributed by atoms with E-state index >= 15 is 0 Å². The van der Waals surface area contributed by atoms with Crippen LogP contribution in [0.15, 0.2) is 71.1 Å². The highest BCUT2D eigenvalue weighted by molar-refractivity contribution is 6.08. The average molecular weight is 419 g/mol. The molecule has 0 unspecified atom stereocenters. The lowest BCUT2D eigenvalue weighted by Crippen LogP contribution is -2.32. The van der Waals surface area contributed by atoms with E-state index in [1.54, 1.807) is 42.5 Å². The van der Waals surface area contributed by atoms with Gasteiger partial charge in [-0.15, -0.1) is 0 Å². The van der Waals surface area contributed by atoms with Crippen LogP contribution in [0.25, 0.3) is 21.9 Å². The van der Waals surface area contributed by atoms with Gasteiger partial charge in [0.2, 0.25) is 0 Å². The van der Waals surface area contributed by atoms with Crippen LogP contribution in [-0.2, 0) is 14.3 Å². The summed E-state index contributed by atoms with van der Waals surface area (Å²) < 4.78 is 16.4. The zero-order valence-electron chi connectivity index (χ0n) is 17.0. The van der Waals surface area contributed by atoms with Crippen LogP contribution in [0.3, 0.4) is 0 Å². The number of amides is 1. The third-order valence-corrected chi connectivity index (χ3v) is 4.96. The molecule has 0 fully saturated rings. The maximum Gasteiger partial charge on any atom is 0.340 e. The average Bonchev–Trinajstić information content (AvgIpc) is 3.15. The first-order valence-corrected chi connectivity index (χ1v) is 9.71. The second-order valence-electron chi connectivity index (χ2n) is 7.03. The molecule has 31 heavy (non-hydrogen) atoms. The van der Waals surface area contributed by atoms with Crippen molar-refractivity contribution in [1.82, 2.24) is 0 Å². The molecule has 0 bridgehead atoms. The third-order valence-electron chi connectivity index (χ3n) is 4.96. The molecule has 0 saturated carbocycles. The van der Waals surface area contributed by atoms with Gasteiger partial charge < -0.3 is 24.3 Å². The molecule has 0 aliphatic carbocycles. The molecule has 0 spiro atoms. The Morgan fingerprint density at radius 2 is 1.68 bits per heavy atom. The van der Waals surface area contributed by atoms with Gasteiger partial charge >= 0.3 is 5.97 Å². The van der Waals surface area contributed by atoms with Crippen LogP contribution in [0, 0.1) is 0 Å². The van der Waals surface area contributed by atoms with Crippen molar-refractivity contribution in [2.24, 2.45) is 0 Å². The van der Waals surface area contributed by atoms with Crippen LogP contribution in [0.4, 0.5) is 5.69 Å². The highest BCUT2D eigenvalue weighted by Gasteiger charge is 2.25. The Morgan fingerprint density at radius 1 is 0.968 bits per heavy atom. The number of para-hydroxylation sites is 1. The van der Waals surface area contributed by atoms with Gasteiger partial charge in [-0.2, -0.15) is 0 Å². The van der Waals surface area contributed by atoms with Gasteiger partial charge in [0.05, 0.1) is 12.8 Å². The summed E-state index contributed by atoms with van der Waals surface area (Å²) in [5.41, 5.74) is 2.07. The predicted molar refractivity (Wildman–Crippen MR) is 116 cm³/mol. The van der Waals surface area contributed by atoms with Crippen LogP contribution in [0.2, 0.25) is 0 Å². The van der Waals surface area contributed by atoms with Crippen molar-refractivity contribution in [3.8, 4) is 5.75 Å². The van der Waals surface area contributed by atoms with Crippen LogP contribution in [-0.4, -0.2) is 30.2 Å². The molecule has 4 rings (SSSR count). The molecule has 1 aromatic heterocycles. The fourth-order valence-corrected chi connectivity index (χ4v) is 3.32. The van der Waals surface area contributed by atoms with E-state index in [1.807, 2.05) is 24.3 Å². The lowest BCUT2D eigenvalue weighted by molar-refractivity contribution is -0.162. The largest absolute Gasteiger partial charge is 0.495 e. The zero-order chi connectivity index (χ0) is 22.0. The minimum Gasteiger partial charge on any atom is -0.495 e. The smallest absolute Gasteiger partial charge is 0.340 e. The van der Waals surface area contributed by atoms with Gasteiger partial charge in [0.1, 0.15) is 16.9 Å². The summed E-state index contributed by atoms with van der Waals surface area (Å²) in [4.78, 5) is 24.8. The molecule has 158 valence electrons. The number of anilines is 1. The molecule has 2 atom stereocenters. The Hall–Kier alpha value is -3.84. The van der Waals surface area contributed by atoms with Gasteiger partial charge in [-0.3, -0.25) is 4.79 Å². The molecule has 1 amide bonds. The SMILES string of the molecule is COc1cc2c(cc1NC(=O)[C@H](C)OC(=O)[C@@H](O)c1ccccc1)oc1ccccc12. The van der Waals surface area contributed by atoms with Crippen molar-refractivity contribution in [3.05, 3.63) is 72.3 Å². The lowest BCUT2D eigenvalue weighted by atomic mass is 10.1. The summed E-state index contributed by atoms with van der Waals surface area (Å²) in [6.07, 6.45) is -2.61. The first-order chi connectivity index (χ1) is 15.0. The van der Waals surface area contributed by atoms with E-state index in [4.69, 9.17) is 13.9 Å². The molecule has 3 aromatic carbocycles. The number of rotatable bonds is 6. The van der Waals surface area contributed by atoms with E-state index in [1.165, 1.54) is 14.0 Å². The number of aliphatic hydroxyl groups excluding tert-OH is 1. The first kappa shape index (κ1) is 20.4. The summed E-state index contributed by atoms with van der Waals surface area (Å²) in [6, 6.07) is 19.4. The molecule has 0 aliphatic rings. The van der Waals surface area contributed by atoms with E-state index in [-0.39, 0.29) is 0 Å². The molecular formula is C24H21NO6. The van der Waals surface area contributed by atoms with Crippen molar-refractivity contribution >= 4 is 39.5 Å². The fourth-order valence-electron chi connectivity index (χ4n) is 3.32. The number of ether oxygens (including phenoxy) is 2. The van der Waals surface area contributed by atoms with Crippen molar-refractivity contribution in [3.63, 3.8) is 0 Å². The van der Waals surface area contributed by atoms with E-state index in [0.717, 1.165) is 16.4 Å². The maximum absolute atomic E-state index is 12.6. The fraction of sp³-hybridized carbons (Fsp3) is 0.167. The molecule has 0 aliphatic heterocycles. The summed E-state index contributed by atoms with van der Waals surface area (Å²) in [6.45, 7) is 1.43. The standard InChI is InChI=1S/C24H21NO6/c1-14(30-24(28)22(26)15-8-4-3-5-9-15)23(27)25-18-13-20-17(12-21(18)29-2)16-10-6-7-11-19(16)31-20/h3-14,22,26H,1-2H3,(H,25,27)/t14-,22-/m0/s1. The molecule has 0 saturated heterocycles. The van der Waals surface area contributed by atoms with Crippen LogP contribution < -0.4 is 10.1 Å². The Bertz CT molecular complexity index is 1250. The molecule has 2 N–H and O–H groups in total. The maximum atomic E-state index is 12.6. The van der Waals surface area contributed by atoms with Gasteiger partial charge in [-0.25, -0.2) is 4.79 Å². The highest BCUT2D eigenvalue weighted by atomic mass is 16.6. The van der Waals surface area contributed by atoms with Crippen molar-refractivity contribution < 1.29 is 28.6 Å². The monoisotopic (exact) mass is 419 g/mol. The molecule has 4 aromatic rings. The van der Waals surface area contributed by atoms with Gasteiger partial charge in [0.15, 0.2) is 12.2 Å². The molecule has 7 heteroatoms. The number of carbonyl (C=O) groups excluding carboxylic acids is 2. The normalized spacial score (nSPS) is 13.0. The number of nitrogens with one attached hydrogen (secondary N) is 1.